The molecule has 0 aliphatic carbocycles. The smallest absolute Gasteiger partial charge is 0.327 e. The van der Waals surface area contributed by atoms with Crippen LogP contribution in [-0.4, -0.2) is 70.1 Å². The van der Waals surface area contributed by atoms with Gasteiger partial charge < -0.3 is 20.2 Å². The summed E-state index contributed by atoms with van der Waals surface area (Å²) in [6.07, 6.45) is 1.68. The van der Waals surface area contributed by atoms with Crippen LogP contribution in [0.3, 0.4) is 0 Å². The fraction of sp³-hybridized carbons (Fsp3) is 0.769. The van der Waals surface area contributed by atoms with Crippen LogP contribution >= 0.6 is 11.8 Å². The Hall–Kier alpha value is -1.44. The van der Waals surface area contributed by atoms with E-state index in [1.54, 1.807) is 4.90 Å². The molecule has 3 amide bonds. The maximum atomic E-state index is 12.4. The fourth-order valence-electron chi connectivity index (χ4n) is 2.63. The zero-order valence-corrected chi connectivity index (χ0v) is 12.9. The van der Waals surface area contributed by atoms with Crippen molar-refractivity contribution in [3.05, 3.63) is 0 Å². The SMILES string of the molecule is CC(=O)NCC1CCN(C(=O)N2CSC[C@H]2C(=O)O)CC1. The summed E-state index contributed by atoms with van der Waals surface area (Å²) in [4.78, 5) is 37.6. The van der Waals surface area contributed by atoms with Gasteiger partial charge >= 0.3 is 12.0 Å². The molecule has 7 nitrogen and oxygen atoms in total. The van der Waals surface area contributed by atoms with Crippen LogP contribution in [0.4, 0.5) is 4.79 Å². The van der Waals surface area contributed by atoms with Crippen molar-refractivity contribution in [2.24, 2.45) is 5.92 Å². The molecule has 2 aliphatic rings. The van der Waals surface area contributed by atoms with Crippen molar-refractivity contribution < 1.29 is 19.5 Å². The maximum Gasteiger partial charge on any atom is 0.327 e. The molecule has 2 aliphatic heterocycles. The number of carboxylic acids is 1. The number of likely N-dealkylation sites (tertiary alicyclic amines) is 1. The lowest BCUT2D eigenvalue weighted by Gasteiger charge is -2.35. The predicted molar refractivity (Wildman–Crippen MR) is 79.0 cm³/mol. The van der Waals surface area contributed by atoms with E-state index in [4.69, 9.17) is 5.11 Å². The van der Waals surface area contributed by atoms with Crippen molar-refractivity contribution in [3.63, 3.8) is 0 Å². The van der Waals surface area contributed by atoms with E-state index in [1.807, 2.05) is 0 Å². The lowest BCUT2D eigenvalue weighted by atomic mass is 9.97. The fourth-order valence-corrected chi connectivity index (χ4v) is 3.77. The topological polar surface area (TPSA) is 90.0 Å². The number of carbonyl (C=O) groups is 3. The zero-order valence-electron chi connectivity index (χ0n) is 12.1. The van der Waals surface area contributed by atoms with Gasteiger partial charge in [0.05, 0.1) is 5.88 Å². The van der Waals surface area contributed by atoms with Crippen LogP contribution in [0.1, 0.15) is 19.8 Å². The van der Waals surface area contributed by atoms with Crippen LogP contribution in [0.25, 0.3) is 0 Å². The summed E-state index contributed by atoms with van der Waals surface area (Å²) >= 11 is 1.47. The largest absolute Gasteiger partial charge is 0.480 e. The molecule has 2 heterocycles. The molecule has 2 N–H and O–H groups in total. The molecule has 0 spiro atoms. The third kappa shape index (κ3) is 4.03. The Morgan fingerprint density at radius 1 is 1.29 bits per heavy atom. The van der Waals surface area contributed by atoms with Crippen molar-refractivity contribution in [3.8, 4) is 0 Å². The van der Waals surface area contributed by atoms with Crippen LogP contribution in [0.15, 0.2) is 0 Å². The van der Waals surface area contributed by atoms with Crippen LogP contribution in [0.2, 0.25) is 0 Å². The maximum absolute atomic E-state index is 12.4. The standard InChI is InChI=1S/C13H21N3O4S/c1-9(17)14-6-10-2-4-15(5-3-10)13(20)16-8-21-7-11(16)12(18)19/h10-11H,2-8H2,1H3,(H,14,17)(H,18,19)/t11-/m0/s1. The highest BCUT2D eigenvalue weighted by molar-refractivity contribution is 7.99. The molecule has 0 radical (unpaired) electrons. The molecule has 2 fully saturated rings. The summed E-state index contributed by atoms with van der Waals surface area (Å²) < 4.78 is 0. The second kappa shape index (κ2) is 7.02. The normalized spacial score (nSPS) is 23.2. The van der Waals surface area contributed by atoms with Gasteiger partial charge in [0.1, 0.15) is 6.04 Å². The van der Waals surface area contributed by atoms with Crippen molar-refractivity contribution >= 4 is 29.7 Å². The van der Waals surface area contributed by atoms with Gasteiger partial charge in [-0.25, -0.2) is 9.59 Å². The van der Waals surface area contributed by atoms with E-state index in [2.05, 4.69) is 5.32 Å². The summed E-state index contributed by atoms with van der Waals surface area (Å²) in [7, 11) is 0. The number of amides is 3. The predicted octanol–water partition coefficient (Wildman–Crippen LogP) is 0.414. The van der Waals surface area contributed by atoms with Gasteiger partial charge in [-0.2, -0.15) is 0 Å². The number of nitrogens with one attached hydrogen (secondary N) is 1. The minimum Gasteiger partial charge on any atom is -0.480 e. The molecule has 0 aromatic heterocycles. The molecular formula is C13H21N3O4S. The van der Waals surface area contributed by atoms with Gasteiger partial charge in [0.25, 0.3) is 0 Å². The first-order valence-electron chi connectivity index (χ1n) is 7.09. The van der Waals surface area contributed by atoms with E-state index in [0.29, 0.717) is 37.2 Å². The molecule has 0 bridgehead atoms. The van der Waals surface area contributed by atoms with Crippen LogP contribution in [-0.2, 0) is 9.59 Å². The number of thioether (sulfide) groups is 1. The van der Waals surface area contributed by atoms with Crippen molar-refractivity contribution in [1.29, 1.82) is 0 Å². The van der Waals surface area contributed by atoms with Crippen molar-refractivity contribution in [1.82, 2.24) is 15.1 Å². The minimum atomic E-state index is -0.936. The third-order valence-corrected chi connectivity index (χ3v) is 4.95. The van der Waals surface area contributed by atoms with E-state index < -0.39 is 12.0 Å². The van der Waals surface area contributed by atoms with Crippen LogP contribution in [0, 0.1) is 5.92 Å². The average Bonchev–Trinajstić information content (AvgIpc) is 2.94. The Morgan fingerprint density at radius 2 is 1.95 bits per heavy atom. The number of urea groups is 1. The summed E-state index contributed by atoms with van der Waals surface area (Å²) in [6.45, 7) is 3.39. The second-order valence-corrected chi connectivity index (χ2v) is 6.47. The number of hydrogen-bond donors (Lipinski definition) is 2. The average molecular weight is 315 g/mol. The van der Waals surface area contributed by atoms with Gasteiger partial charge in [-0.05, 0) is 18.8 Å². The van der Waals surface area contributed by atoms with Gasteiger partial charge in [0, 0.05) is 32.3 Å². The Balaban J connectivity index is 1.83. The first-order valence-corrected chi connectivity index (χ1v) is 8.25. The molecule has 0 aromatic rings. The number of rotatable bonds is 3. The Kier molecular flexibility index (Phi) is 5.33. The Morgan fingerprint density at radius 3 is 2.52 bits per heavy atom. The molecule has 0 saturated carbocycles. The molecule has 1 atom stereocenters. The Bertz CT molecular complexity index is 424. The molecular weight excluding hydrogens is 294 g/mol. The first-order chi connectivity index (χ1) is 9.99. The number of piperidine rings is 1. The highest BCUT2D eigenvalue weighted by atomic mass is 32.2. The van der Waals surface area contributed by atoms with Crippen molar-refractivity contribution in [2.75, 3.05) is 31.3 Å². The van der Waals surface area contributed by atoms with E-state index in [-0.39, 0.29) is 11.9 Å². The number of nitrogens with zero attached hydrogens (tertiary/aromatic N) is 2. The molecule has 118 valence electrons. The molecule has 8 heteroatoms. The highest BCUT2D eigenvalue weighted by Crippen LogP contribution is 2.25. The first kappa shape index (κ1) is 15.9. The van der Waals surface area contributed by atoms with Gasteiger partial charge in [-0.1, -0.05) is 0 Å². The summed E-state index contributed by atoms with van der Waals surface area (Å²) in [5, 5.41) is 11.9. The summed E-state index contributed by atoms with van der Waals surface area (Å²) in [5.41, 5.74) is 0. The Labute approximate surface area is 128 Å². The molecule has 21 heavy (non-hydrogen) atoms. The van der Waals surface area contributed by atoms with E-state index in [1.165, 1.54) is 23.6 Å². The molecule has 2 rings (SSSR count). The number of carboxylic acid groups (broad SMARTS) is 1. The van der Waals surface area contributed by atoms with E-state index in [0.717, 1.165) is 12.8 Å². The van der Waals surface area contributed by atoms with Gasteiger partial charge in [0.2, 0.25) is 5.91 Å². The summed E-state index contributed by atoms with van der Waals surface area (Å²) in [5.74, 6) is 0.323. The lowest BCUT2D eigenvalue weighted by Crippen LogP contribution is -2.51. The summed E-state index contributed by atoms with van der Waals surface area (Å²) in [6, 6.07) is -0.884. The van der Waals surface area contributed by atoms with Gasteiger partial charge in [-0.15, -0.1) is 11.8 Å². The molecule has 2 saturated heterocycles. The van der Waals surface area contributed by atoms with Crippen LogP contribution < -0.4 is 5.32 Å². The monoisotopic (exact) mass is 315 g/mol. The van der Waals surface area contributed by atoms with E-state index in [9.17, 15) is 14.4 Å². The number of carbonyl (C=O) groups excluding carboxylic acids is 2. The third-order valence-electron chi connectivity index (χ3n) is 3.94. The molecule has 0 unspecified atom stereocenters. The quantitative estimate of drug-likeness (QED) is 0.787. The van der Waals surface area contributed by atoms with E-state index >= 15 is 0 Å². The zero-order chi connectivity index (χ0) is 15.4. The number of hydrogen-bond acceptors (Lipinski definition) is 4. The number of aliphatic carboxylic acids is 1. The lowest BCUT2D eigenvalue weighted by molar-refractivity contribution is -0.141. The highest BCUT2D eigenvalue weighted by Gasteiger charge is 2.37. The van der Waals surface area contributed by atoms with Crippen LogP contribution in [0.5, 0.6) is 0 Å². The second-order valence-electron chi connectivity index (χ2n) is 5.47. The van der Waals surface area contributed by atoms with Crippen molar-refractivity contribution in [2.45, 2.75) is 25.8 Å². The molecule has 0 aromatic carbocycles. The van der Waals surface area contributed by atoms with Gasteiger partial charge in [0.15, 0.2) is 0 Å². The van der Waals surface area contributed by atoms with Gasteiger partial charge in [-0.3, -0.25) is 4.79 Å². The minimum absolute atomic E-state index is 0.0353.